The summed E-state index contributed by atoms with van der Waals surface area (Å²) in [6.07, 6.45) is 5.94. The van der Waals surface area contributed by atoms with Gasteiger partial charge in [-0.05, 0) is 95.6 Å². The van der Waals surface area contributed by atoms with E-state index in [1.807, 2.05) is 12.2 Å². The molecule has 0 fully saturated rings. The second-order valence-corrected chi connectivity index (χ2v) is 12.0. The summed E-state index contributed by atoms with van der Waals surface area (Å²) in [7, 11) is 0. The van der Waals surface area contributed by atoms with E-state index in [1.165, 1.54) is 38.7 Å². The molecule has 0 radical (unpaired) electrons. The van der Waals surface area contributed by atoms with Crippen LogP contribution in [-0.2, 0) is 0 Å². The van der Waals surface area contributed by atoms with Crippen molar-refractivity contribution in [1.29, 1.82) is 0 Å². The standard InChI is InChI=1S/C46H38N2/c1-4-5-16-39-18-14-15-34(2)45(39)47(40-19-8-6-9-20-40)42-30-26-36(27-31-42)37-28-32-43(33-29-37)48(41-21-10-7-11-22-41)46-35(3)24-25-38-17-12-13-23-44(38)46/h4-33H,1H2,2-3H3/b16-5-. The quantitative estimate of drug-likeness (QED) is 0.149. The fraction of sp³-hybridized carbons (Fsp3) is 0.0435. The molecule has 0 atom stereocenters. The van der Waals surface area contributed by atoms with E-state index in [1.54, 1.807) is 0 Å². The molecule has 0 saturated carbocycles. The lowest BCUT2D eigenvalue weighted by molar-refractivity contribution is 1.24. The lowest BCUT2D eigenvalue weighted by atomic mass is 10.0. The van der Waals surface area contributed by atoms with Crippen molar-refractivity contribution in [2.75, 3.05) is 9.80 Å². The van der Waals surface area contributed by atoms with Crippen LogP contribution in [0.5, 0.6) is 0 Å². The van der Waals surface area contributed by atoms with Crippen LogP contribution in [0.25, 0.3) is 28.0 Å². The minimum atomic E-state index is 1.10. The van der Waals surface area contributed by atoms with Gasteiger partial charge in [-0.25, -0.2) is 0 Å². The van der Waals surface area contributed by atoms with Gasteiger partial charge in [0.25, 0.3) is 0 Å². The Balaban J connectivity index is 1.27. The van der Waals surface area contributed by atoms with Crippen LogP contribution in [0.2, 0.25) is 0 Å². The Hall–Kier alpha value is -6.12. The van der Waals surface area contributed by atoms with Gasteiger partial charge >= 0.3 is 0 Å². The number of hydrogen-bond donors (Lipinski definition) is 0. The molecule has 2 heteroatoms. The molecule has 0 aliphatic heterocycles. The average molecular weight is 619 g/mol. The van der Waals surface area contributed by atoms with Gasteiger partial charge in [0, 0.05) is 28.1 Å². The van der Waals surface area contributed by atoms with E-state index in [4.69, 9.17) is 0 Å². The van der Waals surface area contributed by atoms with E-state index in [9.17, 15) is 0 Å². The van der Waals surface area contributed by atoms with Gasteiger partial charge in [-0.15, -0.1) is 0 Å². The highest BCUT2D eigenvalue weighted by atomic mass is 15.2. The largest absolute Gasteiger partial charge is 0.310 e. The van der Waals surface area contributed by atoms with Crippen LogP contribution in [0, 0.1) is 13.8 Å². The van der Waals surface area contributed by atoms with Crippen LogP contribution >= 0.6 is 0 Å². The molecule has 0 heterocycles. The molecule has 2 nitrogen and oxygen atoms in total. The van der Waals surface area contributed by atoms with Crippen molar-refractivity contribution in [2.24, 2.45) is 0 Å². The van der Waals surface area contributed by atoms with Crippen molar-refractivity contribution >= 4 is 51.0 Å². The van der Waals surface area contributed by atoms with Crippen LogP contribution in [-0.4, -0.2) is 0 Å². The molecule has 0 bridgehead atoms. The summed E-state index contributed by atoms with van der Waals surface area (Å²) >= 11 is 0. The molecule has 0 aromatic heterocycles. The van der Waals surface area contributed by atoms with E-state index in [-0.39, 0.29) is 0 Å². The van der Waals surface area contributed by atoms with E-state index < -0.39 is 0 Å². The summed E-state index contributed by atoms with van der Waals surface area (Å²) in [5.41, 5.74) is 12.7. The molecule has 7 rings (SSSR count). The van der Waals surface area contributed by atoms with Crippen LogP contribution in [0.3, 0.4) is 0 Å². The van der Waals surface area contributed by atoms with Crippen LogP contribution < -0.4 is 9.80 Å². The lowest BCUT2D eigenvalue weighted by Crippen LogP contribution is -2.12. The van der Waals surface area contributed by atoms with E-state index in [0.29, 0.717) is 0 Å². The van der Waals surface area contributed by atoms with Crippen molar-refractivity contribution in [3.63, 3.8) is 0 Å². The normalized spacial score (nSPS) is 11.1. The van der Waals surface area contributed by atoms with Gasteiger partial charge in [0.05, 0.1) is 11.4 Å². The van der Waals surface area contributed by atoms with Crippen molar-refractivity contribution in [2.45, 2.75) is 13.8 Å². The summed E-state index contributed by atoms with van der Waals surface area (Å²) in [5.74, 6) is 0. The van der Waals surface area contributed by atoms with E-state index in [0.717, 1.165) is 34.0 Å². The molecule has 48 heavy (non-hydrogen) atoms. The summed E-state index contributed by atoms with van der Waals surface area (Å²) in [6, 6.07) is 58.5. The molecule has 0 aliphatic rings. The van der Waals surface area contributed by atoms with Gasteiger partial charge in [-0.2, -0.15) is 0 Å². The van der Waals surface area contributed by atoms with Crippen LogP contribution in [0.1, 0.15) is 16.7 Å². The number of aryl methyl sites for hydroxylation is 2. The summed E-state index contributed by atoms with van der Waals surface area (Å²) < 4.78 is 0. The monoisotopic (exact) mass is 618 g/mol. The lowest BCUT2D eigenvalue weighted by Gasteiger charge is -2.29. The molecular formula is C46H38N2. The number of para-hydroxylation sites is 3. The van der Waals surface area contributed by atoms with Gasteiger partial charge in [0.1, 0.15) is 0 Å². The maximum Gasteiger partial charge on any atom is 0.0569 e. The summed E-state index contributed by atoms with van der Waals surface area (Å²) in [6.45, 7) is 8.25. The number of hydrogen-bond acceptors (Lipinski definition) is 2. The van der Waals surface area contributed by atoms with Crippen molar-refractivity contribution in [3.05, 3.63) is 199 Å². The second-order valence-electron chi connectivity index (χ2n) is 12.0. The minimum Gasteiger partial charge on any atom is -0.310 e. The van der Waals surface area contributed by atoms with E-state index in [2.05, 4.69) is 200 Å². The topological polar surface area (TPSA) is 6.48 Å². The Labute approximate surface area is 284 Å². The summed E-state index contributed by atoms with van der Waals surface area (Å²) in [4.78, 5) is 4.72. The Morgan fingerprint density at radius 3 is 1.52 bits per heavy atom. The van der Waals surface area contributed by atoms with Crippen molar-refractivity contribution in [3.8, 4) is 11.1 Å². The molecule has 0 amide bonds. The maximum absolute atomic E-state index is 3.89. The van der Waals surface area contributed by atoms with Gasteiger partial charge in [-0.1, -0.05) is 140 Å². The first-order valence-electron chi connectivity index (χ1n) is 16.4. The number of fused-ring (bicyclic) bond motifs is 1. The average Bonchev–Trinajstić information content (AvgIpc) is 3.14. The molecule has 0 saturated heterocycles. The SMILES string of the molecule is C=C/C=C\c1cccc(C)c1N(c1ccccc1)c1ccc(-c2ccc(N(c3ccccc3)c3c(C)ccc4ccccc34)cc2)cc1. The predicted octanol–water partition coefficient (Wildman–Crippen LogP) is 13.3. The van der Waals surface area contributed by atoms with Crippen molar-refractivity contribution < 1.29 is 0 Å². The third-order valence-corrected chi connectivity index (χ3v) is 8.84. The molecule has 7 aromatic carbocycles. The molecular weight excluding hydrogens is 581 g/mol. The zero-order valence-corrected chi connectivity index (χ0v) is 27.4. The first-order chi connectivity index (χ1) is 23.6. The Morgan fingerprint density at radius 2 is 0.938 bits per heavy atom. The number of benzene rings is 7. The fourth-order valence-electron chi connectivity index (χ4n) is 6.53. The minimum absolute atomic E-state index is 1.10. The van der Waals surface area contributed by atoms with Gasteiger partial charge in [-0.3, -0.25) is 0 Å². The van der Waals surface area contributed by atoms with Gasteiger partial charge in [0.2, 0.25) is 0 Å². The fourth-order valence-corrected chi connectivity index (χ4v) is 6.53. The molecule has 0 aliphatic carbocycles. The highest BCUT2D eigenvalue weighted by Crippen LogP contribution is 2.43. The van der Waals surface area contributed by atoms with Gasteiger partial charge in [0.15, 0.2) is 0 Å². The third kappa shape index (κ3) is 6.04. The van der Waals surface area contributed by atoms with E-state index >= 15 is 0 Å². The maximum atomic E-state index is 3.89. The van der Waals surface area contributed by atoms with Gasteiger partial charge < -0.3 is 9.80 Å². The number of nitrogens with zero attached hydrogens (tertiary/aromatic N) is 2. The number of rotatable bonds is 9. The highest BCUT2D eigenvalue weighted by Gasteiger charge is 2.19. The molecule has 0 unspecified atom stereocenters. The molecule has 0 spiro atoms. The number of allylic oxidation sites excluding steroid dienone is 2. The Morgan fingerprint density at radius 1 is 0.438 bits per heavy atom. The Bertz CT molecular complexity index is 2200. The van der Waals surface area contributed by atoms with Crippen molar-refractivity contribution in [1.82, 2.24) is 0 Å². The first-order valence-corrected chi connectivity index (χ1v) is 16.4. The first kappa shape index (κ1) is 30.5. The van der Waals surface area contributed by atoms with Crippen LogP contribution in [0.15, 0.2) is 183 Å². The zero-order valence-electron chi connectivity index (χ0n) is 27.4. The summed E-state index contributed by atoms with van der Waals surface area (Å²) in [5, 5.41) is 2.47. The third-order valence-electron chi connectivity index (χ3n) is 8.84. The molecule has 232 valence electrons. The highest BCUT2D eigenvalue weighted by molar-refractivity contribution is 6.00. The predicted molar refractivity (Wildman–Crippen MR) is 207 cm³/mol. The smallest absolute Gasteiger partial charge is 0.0569 e. The zero-order chi connectivity index (χ0) is 32.9. The molecule has 0 N–H and O–H groups in total. The molecule has 7 aromatic rings. The number of anilines is 6. The second kappa shape index (κ2) is 13.7. The van der Waals surface area contributed by atoms with Crippen LogP contribution in [0.4, 0.5) is 34.1 Å². The Kier molecular flexibility index (Phi) is 8.72.